The fraction of sp³-hybridized carbons (Fsp3) is 0.250. The molecule has 0 saturated carbocycles. The molecule has 3 aromatic rings. The van der Waals surface area contributed by atoms with E-state index < -0.39 is 0 Å². The normalized spacial score (nSPS) is 13.8. The molecule has 4 rings (SSSR count). The van der Waals surface area contributed by atoms with Crippen LogP contribution in [-0.2, 0) is 16.1 Å². The number of anilines is 1. The first-order valence-corrected chi connectivity index (χ1v) is 10.8. The molecule has 1 aliphatic heterocycles. The van der Waals surface area contributed by atoms with Crippen LogP contribution in [0.15, 0.2) is 54.7 Å². The summed E-state index contributed by atoms with van der Waals surface area (Å²) in [4.78, 5) is 37.9. The van der Waals surface area contributed by atoms with Gasteiger partial charge >= 0.3 is 0 Å². The Balaban J connectivity index is 1.51. The molecule has 0 unspecified atom stereocenters. The molecule has 32 heavy (non-hydrogen) atoms. The summed E-state index contributed by atoms with van der Waals surface area (Å²) in [6.07, 6.45) is 2.11. The van der Waals surface area contributed by atoms with Crippen molar-refractivity contribution in [2.75, 3.05) is 5.32 Å². The number of carbonyl (C=O) groups excluding carboxylic acids is 3. The minimum absolute atomic E-state index is 0.0619. The first-order valence-electron chi connectivity index (χ1n) is 10.4. The van der Waals surface area contributed by atoms with Gasteiger partial charge in [-0.3, -0.25) is 19.3 Å². The third kappa shape index (κ3) is 4.43. The van der Waals surface area contributed by atoms with E-state index in [4.69, 9.17) is 11.6 Å². The van der Waals surface area contributed by atoms with Gasteiger partial charge in [-0.1, -0.05) is 37.6 Å². The van der Waals surface area contributed by atoms with Crippen molar-refractivity contribution < 1.29 is 14.4 Å². The molecule has 0 radical (unpaired) electrons. The number of nitrogens with one attached hydrogen (secondary N) is 1. The minimum atomic E-state index is -0.258. The monoisotopic (exact) mass is 450 g/mol. The van der Waals surface area contributed by atoms with Gasteiger partial charge in [-0.05, 0) is 47.9 Å². The van der Waals surface area contributed by atoms with Crippen LogP contribution in [0, 0.1) is 0 Å². The van der Waals surface area contributed by atoms with E-state index in [1.54, 1.807) is 47.3 Å². The molecule has 0 bridgehead atoms. The largest absolute Gasteiger partial charge is 0.322 e. The van der Waals surface area contributed by atoms with E-state index in [0.29, 0.717) is 16.3 Å². The van der Waals surface area contributed by atoms with E-state index in [2.05, 4.69) is 10.4 Å². The molecular weight excluding hydrogens is 428 g/mol. The topological polar surface area (TPSA) is 84.3 Å². The summed E-state index contributed by atoms with van der Waals surface area (Å²) in [6.45, 7) is 4.27. The highest BCUT2D eigenvalue weighted by atomic mass is 35.5. The predicted molar refractivity (Wildman–Crippen MR) is 122 cm³/mol. The standard InChI is InChI=1S/C24H23ClN4O3/c1-15(2)23-20(13-26-29(23)19-9-5-17(25)6-10-19)24(32)27-18-7-3-16(4-8-18)14-28-21(30)11-12-22(28)31/h3-10,13,15H,11-12,14H2,1-2H3,(H,27,32). The van der Waals surface area contributed by atoms with Crippen LogP contribution in [0.1, 0.15) is 54.2 Å². The number of benzene rings is 2. The van der Waals surface area contributed by atoms with E-state index in [9.17, 15) is 14.4 Å². The van der Waals surface area contributed by atoms with Gasteiger partial charge in [0.2, 0.25) is 11.8 Å². The van der Waals surface area contributed by atoms with Crippen molar-refractivity contribution in [2.24, 2.45) is 0 Å². The zero-order valence-corrected chi connectivity index (χ0v) is 18.6. The summed E-state index contributed by atoms with van der Waals surface area (Å²) in [5.41, 5.74) is 3.56. The van der Waals surface area contributed by atoms with Gasteiger partial charge in [0.25, 0.3) is 5.91 Å². The van der Waals surface area contributed by atoms with Gasteiger partial charge < -0.3 is 5.32 Å². The lowest BCUT2D eigenvalue weighted by molar-refractivity contribution is -0.139. The Morgan fingerprint density at radius 3 is 2.25 bits per heavy atom. The summed E-state index contributed by atoms with van der Waals surface area (Å²) >= 11 is 5.99. The highest BCUT2D eigenvalue weighted by molar-refractivity contribution is 6.30. The summed E-state index contributed by atoms with van der Waals surface area (Å²) < 4.78 is 1.75. The second-order valence-corrected chi connectivity index (χ2v) is 8.45. The molecule has 1 N–H and O–H groups in total. The maximum Gasteiger partial charge on any atom is 0.259 e. The minimum Gasteiger partial charge on any atom is -0.322 e. The SMILES string of the molecule is CC(C)c1c(C(=O)Nc2ccc(CN3C(=O)CCC3=O)cc2)cnn1-c1ccc(Cl)cc1. The number of rotatable bonds is 6. The summed E-state index contributed by atoms with van der Waals surface area (Å²) in [5.74, 6) is -0.490. The van der Waals surface area contributed by atoms with E-state index in [-0.39, 0.29) is 43.0 Å². The Morgan fingerprint density at radius 2 is 1.66 bits per heavy atom. The van der Waals surface area contributed by atoms with Crippen molar-refractivity contribution in [3.63, 3.8) is 0 Å². The van der Waals surface area contributed by atoms with Crippen LogP contribution < -0.4 is 5.32 Å². The maximum atomic E-state index is 13.0. The smallest absolute Gasteiger partial charge is 0.259 e. The van der Waals surface area contributed by atoms with Crippen LogP contribution in [0.5, 0.6) is 0 Å². The molecule has 0 spiro atoms. The molecule has 1 aromatic heterocycles. The number of likely N-dealkylation sites (tertiary alicyclic amines) is 1. The van der Waals surface area contributed by atoms with E-state index in [1.165, 1.54) is 4.90 Å². The first-order chi connectivity index (χ1) is 15.3. The average Bonchev–Trinajstić information content (AvgIpc) is 3.35. The second-order valence-electron chi connectivity index (χ2n) is 8.01. The number of nitrogens with zero attached hydrogens (tertiary/aromatic N) is 3. The number of aromatic nitrogens is 2. The predicted octanol–water partition coefficient (Wildman–Crippen LogP) is 4.55. The van der Waals surface area contributed by atoms with Gasteiger partial charge in [-0.25, -0.2) is 4.68 Å². The Labute approximate surface area is 191 Å². The van der Waals surface area contributed by atoms with Crippen molar-refractivity contribution in [3.8, 4) is 5.69 Å². The fourth-order valence-corrected chi connectivity index (χ4v) is 3.88. The highest BCUT2D eigenvalue weighted by Gasteiger charge is 2.28. The summed E-state index contributed by atoms with van der Waals surface area (Å²) in [6, 6.07) is 14.4. The number of imide groups is 1. The van der Waals surface area contributed by atoms with Gasteiger partial charge in [0.1, 0.15) is 0 Å². The molecular formula is C24H23ClN4O3. The van der Waals surface area contributed by atoms with Crippen LogP contribution >= 0.6 is 11.6 Å². The number of hydrogen-bond donors (Lipinski definition) is 1. The van der Waals surface area contributed by atoms with Gasteiger partial charge in [0, 0.05) is 23.6 Å². The quantitative estimate of drug-likeness (QED) is 0.558. The van der Waals surface area contributed by atoms with E-state index >= 15 is 0 Å². The van der Waals surface area contributed by atoms with Gasteiger partial charge in [-0.15, -0.1) is 0 Å². The number of amides is 3. The lowest BCUT2D eigenvalue weighted by Gasteiger charge is -2.15. The number of hydrogen-bond acceptors (Lipinski definition) is 4. The highest BCUT2D eigenvalue weighted by Crippen LogP contribution is 2.25. The van der Waals surface area contributed by atoms with Crippen molar-refractivity contribution >= 4 is 35.0 Å². The molecule has 8 heteroatoms. The van der Waals surface area contributed by atoms with Crippen molar-refractivity contribution in [3.05, 3.63) is 76.6 Å². The molecule has 2 aromatic carbocycles. The van der Waals surface area contributed by atoms with Crippen LogP contribution in [-0.4, -0.2) is 32.4 Å². The van der Waals surface area contributed by atoms with Crippen LogP contribution in [0.2, 0.25) is 5.02 Å². The second kappa shape index (κ2) is 8.96. The van der Waals surface area contributed by atoms with E-state index in [1.807, 2.05) is 26.0 Å². The molecule has 1 fully saturated rings. The van der Waals surface area contributed by atoms with Gasteiger partial charge in [0.15, 0.2) is 0 Å². The third-order valence-corrected chi connectivity index (χ3v) is 5.63. The summed E-state index contributed by atoms with van der Waals surface area (Å²) in [7, 11) is 0. The maximum absolute atomic E-state index is 13.0. The molecule has 2 heterocycles. The molecule has 164 valence electrons. The molecule has 1 aliphatic rings. The van der Waals surface area contributed by atoms with Gasteiger partial charge in [-0.2, -0.15) is 5.10 Å². The van der Waals surface area contributed by atoms with Crippen LogP contribution in [0.3, 0.4) is 0 Å². The molecule has 7 nitrogen and oxygen atoms in total. The first kappa shape index (κ1) is 21.8. The van der Waals surface area contributed by atoms with E-state index in [0.717, 1.165) is 16.9 Å². The number of carbonyl (C=O) groups is 3. The Bertz CT molecular complexity index is 1150. The van der Waals surface area contributed by atoms with Crippen molar-refractivity contribution in [1.82, 2.24) is 14.7 Å². The number of halogens is 1. The van der Waals surface area contributed by atoms with Crippen molar-refractivity contribution in [1.29, 1.82) is 0 Å². The lowest BCUT2D eigenvalue weighted by atomic mass is 10.0. The third-order valence-electron chi connectivity index (χ3n) is 5.38. The zero-order valence-electron chi connectivity index (χ0n) is 17.8. The zero-order chi connectivity index (χ0) is 22.8. The molecule has 0 aliphatic carbocycles. The Kier molecular flexibility index (Phi) is 6.10. The van der Waals surface area contributed by atoms with Gasteiger partial charge in [0.05, 0.1) is 29.7 Å². The lowest BCUT2D eigenvalue weighted by Crippen LogP contribution is -2.28. The Morgan fingerprint density at radius 1 is 1.03 bits per heavy atom. The molecule has 0 atom stereocenters. The average molecular weight is 451 g/mol. The van der Waals surface area contributed by atoms with Crippen LogP contribution in [0.25, 0.3) is 5.69 Å². The summed E-state index contributed by atoms with van der Waals surface area (Å²) in [5, 5.41) is 7.97. The fourth-order valence-electron chi connectivity index (χ4n) is 3.75. The Hall–Kier alpha value is -3.45. The van der Waals surface area contributed by atoms with Crippen LogP contribution in [0.4, 0.5) is 5.69 Å². The van der Waals surface area contributed by atoms with Crippen molar-refractivity contribution in [2.45, 2.75) is 39.2 Å². The molecule has 1 saturated heterocycles. The molecule has 3 amide bonds.